The maximum Gasteiger partial charge on any atom is 0.222 e. The van der Waals surface area contributed by atoms with Crippen molar-refractivity contribution in [3.63, 3.8) is 0 Å². The fourth-order valence-electron chi connectivity index (χ4n) is 4.02. The number of morpholine rings is 1. The number of amides is 1. The molecule has 21 heavy (non-hydrogen) atoms. The van der Waals surface area contributed by atoms with Crippen LogP contribution in [0.15, 0.2) is 0 Å². The summed E-state index contributed by atoms with van der Waals surface area (Å²) in [6, 6.07) is 0. The van der Waals surface area contributed by atoms with E-state index in [0.717, 1.165) is 52.3 Å². The van der Waals surface area contributed by atoms with Gasteiger partial charge in [0.05, 0.1) is 25.7 Å². The molecule has 5 nitrogen and oxygen atoms in total. The molecule has 3 rings (SSSR count). The Balaban J connectivity index is 1.51. The molecule has 0 aromatic rings. The van der Waals surface area contributed by atoms with Gasteiger partial charge in [-0.3, -0.25) is 9.69 Å². The molecule has 1 unspecified atom stereocenters. The van der Waals surface area contributed by atoms with Crippen molar-refractivity contribution in [1.29, 1.82) is 0 Å². The molecule has 1 saturated carbocycles. The number of nitrogens with zero attached hydrogens (tertiary/aromatic N) is 1. The van der Waals surface area contributed by atoms with Crippen LogP contribution in [0.3, 0.4) is 0 Å². The molecule has 0 spiro atoms. The monoisotopic (exact) mass is 296 g/mol. The summed E-state index contributed by atoms with van der Waals surface area (Å²) in [7, 11) is 0. The van der Waals surface area contributed by atoms with E-state index in [-0.39, 0.29) is 17.6 Å². The van der Waals surface area contributed by atoms with E-state index in [4.69, 9.17) is 9.47 Å². The maximum absolute atomic E-state index is 12.1. The van der Waals surface area contributed by atoms with Crippen LogP contribution in [-0.4, -0.2) is 61.9 Å². The van der Waals surface area contributed by atoms with E-state index < -0.39 is 0 Å². The van der Waals surface area contributed by atoms with Crippen molar-refractivity contribution < 1.29 is 14.3 Å². The van der Waals surface area contributed by atoms with Gasteiger partial charge in [-0.1, -0.05) is 12.8 Å². The Hall–Kier alpha value is -0.650. The lowest BCUT2D eigenvalue weighted by Gasteiger charge is -2.43. The Morgan fingerprint density at radius 2 is 1.90 bits per heavy atom. The van der Waals surface area contributed by atoms with Gasteiger partial charge in [0.1, 0.15) is 0 Å². The predicted molar refractivity (Wildman–Crippen MR) is 80.2 cm³/mol. The highest BCUT2D eigenvalue weighted by atomic mass is 16.5. The van der Waals surface area contributed by atoms with Gasteiger partial charge in [-0.25, -0.2) is 0 Å². The molecule has 2 heterocycles. The van der Waals surface area contributed by atoms with E-state index in [2.05, 4.69) is 10.2 Å². The van der Waals surface area contributed by atoms with Crippen LogP contribution < -0.4 is 5.32 Å². The van der Waals surface area contributed by atoms with Crippen LogP contribution in [0.1, 0.15) is 44.9 Å². The van der Waals surface area contributed by atoms with Crippen molar-refractivity contribution in [1.82, 2.24) is 10.2 Å². The summed E-state index contributed by atoms with van der Waals surface area (Å²) in [5.74, 6) is 0.154. The molecule has 1 amide bonds. The van der Waals surface area contributed by atoms with Gasteiger partial charge in [-0.15, -0.1) is 0 Å². The first-order valence-electron chi connectivity index (χ1n) is 8.50. The molecule has 1 aliphatic carbocycles. The maximum atomic E-state index is 12.1. The second-order valence-electron chi connectivity index (χ2n) is 6.65. The van der Waals surface area contributed by atoms with E-state index in [9.17, 15) is 4.79 Å². The molecule has 120 valence electrons. The molecular formula is C16H28N2O3. The van der Waals surface area contributed by atoms with Gasteiger partial charge in [0.25, 0.3) is 0 Å². The second-order valence-corrected chi connectivity index (χ2v) is 6.65. The normalized spacial score (nSPS) is 29.6. The Morgan fingerprint density at radius 1 is 1.14 bits per heavy atom. The zero-order valence-electron chi connectivity index (χ0n) is 12.9. The Morgan fingerprint density at radius 3 is 2.57 bits per heavy atom. The lowest BCUT2D eigenvalue weighted by molar-refractivity contribution is -0.124. The first-order chi connectivity index (χ1) is 10.3. The van der Waals surface area contributed by atoms with Crippen molar-refractivity contribution in [3.8, 4) is 0 Å². The van der Waals surface area contributed by atoms with Crippen LogP contribution in [0.4, 0.5) is 0 Å². The van der Waals surface area contributed by atoms with Gasteiger partial charge in [-0.2, -0.15) is 0 Å². The minimum absolute atomic E-state index is 0.146. The molecule has 2 aliphatic heterocycles. The van der Waals surface area contributed by atoms with Crippen LogP contribution in [0.2, 0.25) is 0 Å². The number of carbonyl (C=O) groups is 1. The highest BCUT2D eigenvalue weighted by Gasteiger charge is 2.40. The van der Waals surface area contributed by atoms with Crippen molar-refractivity contribution in [2.75, 3.05) is 39.5 Å². The summed E-state index contributed by atoms with van der Waals surface area (Å²) < 4.78 is 11.0. The molecule has 1 atom stereocenters. The number of ether oxygens (including phenoxy) is 2. The summed E-state index contributed by atoms with van der Waals surface area (Å²) in [6.45, 7) is 5.26. The molecular weight excluding hydrogens is 268 g/mol. The lowest BCUT2D eigenvalue weighted by atomic mass is 9.94. The average Bonchev–Trinajstić information content (AvgIpc) is 3.18. The van der Waals surface area contributed by atoms with E-state index in [0.29, 0.717) is 6.42 Å². The first kappa shape index (κ1) is 15.3. The molecule has 3 fully saturated rings. The number of carbonyl (C=O) groups excluding carboxylic acids is 1. The third-order valence-electron chi connectivity index (χ3n) is 5.27. The van der Waals surface area contributed by atoms with Gasteiger partial charge >= 0.3 is 0 Å². The standard InChI is InChI=1S/C16H28N2O3/c19-15(12-14-4-3-9-21-14)17-13-16(5-1-2-6-16)18-7-10-20-11-8-18/h14H,1-13H2,(H,17,19). The zero-order chi connectivity index (χ0) is 14.5. The SMILES string of the molecule is O=C(CC1CCCO1)NCC1(N2CCOCC2)CCCC1. The molecule has 5 heteroatoms. The fourth-order valence-corrected chi connectivity index (χ4v) is 4.02. The zero-order valence-corrected chi connectivity index (χ0v) is 12.9. The minimum atomic E-state index is 0.146. The largest absolute Gasteiger partial charge is 0.379 e. The highest BCUT2D eigenvalue weighted by molar-refractivity contribution is 5.76. The van der Waals surface area contributed by atoms with E-state index in [1.807, 2.05) is 0 Å². The molecule has 0 aromatic carbocycles. The van der Waals surface area contributed by atoms with Gasteiger partial charge < -0.3 is 14.8 Å². The van der Waals surface area contributed by atoms with Crippen LogP contribution in [-0.2, 0) is 14.3 Å². The number of nitrogens with one attached hydrogen (secondary N) is 1. The van der Waals surface area contributed by atoms with Crippen molar-refractivity contribution in [3.05, 3.63) is 0 Å². The molecule has 2 saturated heterocycles. The van der Waals surface area contributed by atoms with Crippen LogP contribution in [0, 0.1) is 0 Å². The van der Waals surface area contributed by atoms with Crippen LogP contribution >= 0.6 is 0 Å². The minimum Gasteiger partial charge on any atom is -0.379 e. The third kappa shape index (κ3) is 3.76. The summed E-state index contributed by atoms with van der Waals surface area (Å²) in [4.78, 5) is 14.7. The lowest BCUT2D eigenvalue weighted by Crippen LogP contribution is -2.57. The Bertz CT molecular complexity index is 343. The summed E-state index contributed by atoms with van der Waals surface area (Å²) >= 11 is 0. The van der Waals surface area contributed by atoms with Gasteiger partial charge in [-0.05, 0) is 25.7 Å². The summed E-state index contributed by atoms with van der Waals surface area (Å²) in [5.41, 5.74) is 0.177. The predicted octanol–water partition coefficient (Wildman–Crippen LogP) is 1.32. The summed E-state index contributed by atoms with van der Waals surface area (Å²) in [5, 5.41) is 3.19. The van der Waals surface area contributed by atoms with Gasteiger partial charge in [0, 0.05) is 31.8 Å². The van der Waals surface area contributed by atoms with Gasteiger partial charge in [0.2, 0.25) is 5.91 Å². The van der Waals surface area contributed by atoms with Crippen molar-refractivity contribution >= 4 is 5.91 Å². The topological polar surface area (TPSA) is 50.8 Å². The third-order valence-corrected chi connectivity index (χ3v) is 5.27. The summed E-state index contributed by atoms with van der Waals surface area (Å²) in [6.07, 6.45) is 7.75. The van der Waals surface area contributed by atoms with E-state index in [1.54, 1.807) is 0 Å². The van der Waals surface area contributed by atoms with Gasteiger partial charge in [0.15, 0.2) is 0 Å². The molecule has 0 bridgehead atoms. The number of hydrogen-bond donors (Lipinski definition) is 1. The number of rotatable bonds is 5. The van der Waals surface area contributed by atoms with Crippen molar-refractivity contribution in [2.45, 2.75) is 56.6 Å². The number of hydrogen-bond acceptors (Lipinski definition) is 4. The highest BCUT2D eigenvalue weighted by Crippen LogP contribution is 2.35. The molecule has 1 N–H and O–H groups in total. The quantitative estimate of drug-likeness (QED) is 0.831. The smallest absolute Gasteiger partial charge is 0.222 e. The Labute approximate surface area is 127 Å². The molecule has 0 aromatic heterocycles. The molecule has 3 aliphatic rings. The average molecular weight is 296 g/mol. The first-order valence-corrected chi connectivity index (χ1v) is 8.50. The van der Waals surface area contributed by atoms with E-state index >= 15 is 0 Å². The Kier molecular flexibility index (Phi) is 5.14. The molecule has 0 radical (unpaired) electrons. The second kappa shape index (κ2) is 7.07. The fraction of sp³-hybridized carbons (Fsp3) is 0.938. The van der Waals surface area contributed by atoms with Crippen molar-refractivity contribution in [2.24, 2.45) is 0 Å². The van der Waals surface area contributed by atoms with Crippen LogP contribution in [0.25, 0.3) is 0 Å². The van der Waals surface area contributed by atoms with Crippen LogP contribution in [0.5, 0.6) is 0 Å². The van der Waals surface area contributed by atoms with E-state index in [1.165, 1.54) is 25.7 Å².